The highest BCUT2D eigenvalue weighted by Crippen LogP contribution is 2.39. The van der Waals surface area contributed by atoms with Crippen molar-refractivity contribution in [2.45, 2.75) is 13.0 Å². The smallest absolute Gasteiger partial charge is 0.257 e. The highest BCUT2D eigenvalue weighted by molar-refractivity contribution is 6.10. The summed E-state index contributed by atoms with van der Waals surface area (Å²) in [5.41, 5.74) is 11.2. The number of nitrogen functional groups attached to an aromatic ring is 1. The minimum Gasteiger partial charge on any atom is -0.497 e. The van der Waals surface area contributed by atoms with Gasteiger partial charge < -0.3 is 34.6 Å². The van der Waals surface area contributed by atoms with Crippen LogP contribution < -0.4 is 30.0 Å². The maximum Gasteiger partial charge on any atom is 0.257 e. The maximum absolute atomic E-state index is 13.5. The van der Waals surface area contributed by atoms with Gasteiger partial charge in [-0.3, -0.25) is 4.79 Å². The predicted molar refractivity (Wildman–Crippen MR) is 154 cm³/mol. The number of ether oxygens (including phenoxy) is 4. The topological polar surface area (TPSA) is 123 Å². The van der Waals surface area contributed by atoms with Gasteiger partial charge in [-0.25, -0.2) is 9.97 Å². The van der Waals surface area contributed by atoms with Crippen molar-refractivity contribution in [3.63, 3.8) is 0 Å². The second-order valence-corrected chi connectivity index (χ2v) is 9.12. The third-order valence-electron chi connectivity index (χ3n) is 6.74. The van der Waals surface area contributed by atoms with Crippen LogP contribution in [0.3, 0.4) is 0 Å². The second kappa shape index (κ2) is 11.4. The molecule has 0 saturated carbocycles. The Balaban J connectivity index is 1.52. The van der Waals surface area contributed by atoms with E-state index in [-0.39, 0.29) is 17.3 Å². The molecule has 206 valence electrons. The number of fused-ring (bicyclic) bond motifs is 2. The van der Waals surface area contributed by atoms with E-state index in [0.717, 1.165) is 16.9 Å². The van der Waals surface area contributed by atoms with E-state index in [1.165, 1.54) is 0 Å². The number of nitrogens with zero attached hydrogens (tertiary/aromatic N) is 3. The quantitative estimate of drug-likeness (QED) is 0.269. The van der Waals surface area contributed by atoms with Crippen LogP contribution in [0.1, 0.15) is 21.5 Å². The Hall–Kier alpha value is -4.99. The third-order valence-corrected chi connectivity index (χ3v) is 6.74. The van der Waals surface area contributed by atoms with Gasteiger partial charge in [-0.2, -0.15) is 0 Å². The van der Waals surface area contributed by atoms with Gasteiger partial charge in [0.25, 0.3) is 5.91 Å². The summed E-state index contributed by atoms with van der Waals surface area (Å²) in [4.78, 5) is 23.1. The van der Waals surface area contributed by atoms with Gasteiger partial charge in [-0.1, -0.05) is 24.3 Å². The van der Waals surface area contributed by atoms with Crippen LogP contribution in [0, 0.1) is 0 Å². The van der Waals surface area contributed by atoms with Crippen molar-refractivity contribution in [2.75, 3.05) is 40.7 Å². The van der Waals surface area contributed by atoms with Crippen molar-refractivity contribution in [3.05, 3.63) is 77.4 Å². The van der Waals surface area contributed by atoms with Gasteiger partial charge in [0.05, 0.1) is 46.0 Å². The molecular formula is C30H31N5O5. The lowest BCUT2D eigenvalue weighted by Gasteiger charge is -2.15. The Bertz CT molecular complexity index is 1660. The number of amides is 1. The number of hydrogen-bond acceptors (Lipinski definition) is 8. The summed E-state index contributed by atoms with van der Waals surface area (Å²) in [6, 6.07) is 18.9. The molecule has 10 heteroatoms. The number of para-hydroxylation sites is 2. The first-order chi connectivity index (χ1) is 19.5. The van der Waals surface area contributed by atoms with Crippen LogP contribution in [0.25, 0.3) is 22.2 Å². The molecule has 10 nitrogen and oxygen atoms in total. The summed E-state index contributed by atoms with van der Waals surface area (Å²) in [6.07, 6.45) is 0.647. The minimum atomic E-state index is -0.316. The number of carbonyl (C=O) groups is 1. The number of rotatable bonds is 10. The number of methoxy groups -OCH3 is 4. The van der Waals surface area contributed by atoms with Gasteiger partial charge in [0, 0.05) is 6.54 Å². The SMILES string of the molecule is COc1ccc(CCNC(=O)c2c(N)n(Cc3cc(OC)c(OC)c(OC)c3)c3nc4ccccc4nc23)cc1. The van der Waals surface area contributed by atoms with E-state index in [1.54, 1.807) is 33.0 Å². The fraction of sp³-hybridized carbons (Fsp3) is 0.233. The average molecular weight is 542 g/mol. The van der Waals surface area contributed by atoms with Crippen LogP contribution in [0.15, 0.2) is 60.7 Å². The molecule has 0 fully saturated rings. The fourth-order valence-corrected chi connectivity index (χ4v) is 4.71. The molecule has 0 aliphatic carbocycles. The van der Waals surface area contributed by atoms with Crippen molar-refractivity contribution < 1.29 is 23.7 Å². The van der Waals surface area contributed by atoms with Crippen molar-refractivity contribution >= 4 is 33.9 Å². The number of anilines is 1. The van der Waals surface area contributed by atoms with E-state index in [2.05, 4.69) is 5.32 Å². The summed E-state index contributed by atoms with van der Waals surface area (Å²) in [6.45, 7) is 0.719. The number of aromatic nitrogens is 3. The van der Waals surface area contributed by atoms with E-state index >= 15 is 0 Å². The Labute approximate surface area is 231 Å². The Morgan fingerprint density at radius 3 is 2.10 bits per heavy atom. The number of nitrogens with two attached hydrogens (primary N) is 1. The molecule has 2 heterocycles. The average Bonchev–Trinajstić information content (AvgIpc) is 3.25. The number of carbonyl (C=O) groups excluding carboxylic acids is 1. The zero-order valence-corrected chi connectivity index (χ0v) is 22.9. The molecule has 0 unspecified atom stereocenters. The molecule has 0 spiro atoms. The number of benzene rings is 3. The zero-order chi connectivity index (χ0) is 28.2. The lowest BCUT2D eigenvalue weighted by Crippen LogP contribution is -2.26. The number of hydrogen-bond donors (Lipinski definition) is 2. The Morgan fingerprint density at radius 2 is 1.50 bits per heavy atom. The van der Waals surface area contributed by atoms with Gasteiger partial charge in [0.1, 0.15) is 22.6 Å². The van der Waals surface area contributed by atoms with E-state index in [0.29, 0.717) is 59.0 Å². The molecule has 0 radical (unpaired) electrons. The molecule has 0 bridgehead atoms. The van der Waals surface area contributed by atoms with Crippen molar-refractivity contribution in [3.8, 4) is 23.0 Å². The molecule has 5 rings (SSSR count). The van der Waals surface area contributed by atoms with Crippen molar-refractivity contribution in [1.82, 2.24) is 19.9 Å². The van der Waals surface area contributed by atoms with Crippen LogP contribution in [0.2, 0.25) is 0 Å². The molecule has 5 aromatic rings. The fourth-order valence-electron chi connectivity index (χ4n) is 4.71. The van der Waals surface area contributed by atoms with E-state index in [9.17, 15) is 4.79 Å². The molecule has 3 aromatic carbocycles. The lowest BCUT2D eigenvalue weighted by atomic mass is 10.1. The molecule has 40 heavy (non-hydrogen) atoms. The van der Waals surface area contributed by atoms with Gasteiger partial charge in [0.2, 0.25) is 5.75 Å². The number of nitrogens with one attached hydrogen (secondary N) is 1. The first kappa shape index (κ1) is 26.6. The van der Waals surface area contributed by atoms with Crippen LogP contribution >= 0.6 is 0 Å². The predicted octanol–water partition coefficient (Wildman–Crippen LogP) is 4.22. The Kier molecular flexibility index (Phi) is 7.59. The first-order valence-corrected chi connectivity index (χ1v) is 12.7. The highest BCUT2D eigenvalue weighted by atomic mass is 16.5. The van der Waals surface area contributed by atoms with Gasteiger partial charge >= 0.3 is 0 Å². The van der Waals surface area contributed by atoms with Gasteiger partial charge in [-0.05, 0) is 53.9 Å². The maximum atomic E-state index is 13.5. The molecular weight excluding hydrogens is 510 g/mol. The van der Waals surface area contributed by atoms with Crippen molar-refractivity contribution in [2.24, 2.45) is 0 Å². The van der Waals surface area contributed by atoms with Crippen LogP contribution in [-0.4, -0.2) is 55.4 Å². The molecule has 0 aliphatic rings. The molecule has 0 atom stereocenters. The Morgan fingerprint density at radius 1 is 0.850 bits per heavy atom. The second-order valence-electron chi connectivity index (χ2n) is 9.12. The minimum absolute atomic E-state index is 0.265. The zero-order valence-electron chi connectivity index (χ0n) is 22.9. The van der Waals surface area contributed by atoms with Gasteiger partial charge in [-0.15, -0.1) is 0 Å². The monoisotopic (exact) mass is 541 g/mol. The highest BCUT2D eigenvalue weighted by Gasteiger charge is 2.25. The normalized spacial score (nSPS) is 11.0. The molecule has 0 saturated heterocycles. The van der Waals surface area contributed by atoms with E-state index in [1.807, 2.05) is 60.7 Å². The molecule has 3 N–H and O–H groups in total. The van der Waals surface area contributed by atoms with E-state index in [4.69, 9.17) is 34.6 Å². The molecule has 2 aromatic heterocycles. The largest absolute Gasteiger partial charge is 0.497 e. The summed E-state index contributed by atoms with van der Waals surface area (Å²) in [5, 5.41) is 3.00. The molecule has 1 amide bonds. The summed E-state index contributed by atoms with van der Waals surface area (Å²) >= 11 is 0. The summed E-state index contributed by atoms with van der Waals surface area (Å²) in [7, 11) is 6.31. The van der Waals surface area contributed by atoms with Crippen LogP contribution in [0.4, 0.5) is 5.82 Å². The van der Waals surface area contributed by atoms with Gasteiger partial charge in [0.15, 0.2) is 17.1 Å². The first-order valence-electron chi connectivity index (χ1n) is 12.7. The summed E-state index contributed by atoms with van der Waals surface area (Å²) in [5.74, 6) is 2.25. The van der Waals surface area contributed by atoms with Crippen LogP contribution in [-0.2, 0) is 13.0 Å². The summed E-state index contributed by atoms with van der Waals surface area (Å²) < 4.78 is 23.5. The third kappa shape index (κ3) is 5.03. The van der Waals surface area contributed by atoms with Crippen molar-refractivity contribution in [1.29, 1.82) is 0 Å². The van der Waals surface area contributed by atoms with Crippen LogP contribution in [0.5, 0.6) is 23.0 Å². The standard InChI is InChI=1S/C30H31N5O5/c1-37-20-11-9-18(10-12-20)13-14-32-30(36)25-26-29(34-22-8-6-5-7-21(22)33-26)35(28(25)31)17-19-15-23(38-2)27(40-4)24(16-19)39-3/h5-12,15-16H,13-14,17,31H2,1-4H3,(H,32,36). The lowest BCUT2D eigenvalue weighted by molar-refractivity contribution is 0.0956. The van der Waals surface area contributed by atoms with E-state index < -0.39 is 0 Å². The molecule has 0 aliphatic heterocycles.